The molecule has 1 amide bonds. The number of fused-ring (bicyclic) bond motifs is 1. The van der Waals surface area contributed by atoms with E-state index in [0.717, 1.165) is 20.1 Å². The Labute approximate surface area is 164 Å². The lowest BCUT2D eigenvalue weighted by Crippen LogP contribution is -3.10. The van der Waals surface area contributed by atoms with Gasteiger partial charge in [-0.15, -0.1) is 11.3 Å². The minimum Gasteiger partial charge on any atom is -0.322 e. The minimum absolute atomic E-state index is 0.0421. The molecule has 0 aliphatic rings. The third-order valence-corrected chi connectivity index (χ3v) is 5.83. The Balaban J connectivity index is 1.65. The van der Waals surface area contributed by atoms with Crippen molar-refractivity contribution in [1.82, 2.24) is 4.98 Å². The smallest absolute Gasteiger partial charge is 0.279 e. The minimum atomic E-state index is -0.533. The van der Waals surface area contributed by atoms with E-state index in [1.54, 1.807) is 11.3 Å². The number of anilines is 1. The molecule has 3 rings (SSSR count). The van der Waals surface area contributed by atoms with Gasteiger partial charge in [0.05, 0.1) is 32.9 Å². The number of hydrogen-bond acceptors (Lipinski definition) is 5. The Morgan fingerprint density at radius 3 is 2.78 bits per heavy atom. The Kier molecular flexibility index (Phi) is 5.69. The van der Waals surface area contributed by atoms with Gasteiger partial charge in [0.25, 0.3) is 11.6 Å². The first-order chi connectivity index (χ1) is 12.8. The van der Waals surface area contributed by atoms with Gasteiger partial charge in [-0.25, -0.2) is 4.98 Å². The van der Waals surface area contributed by atoms with Crippen molar-refractivity contribution in [2.45, 2.75) is 13.0 Å². The fourth-order valence-electron chi connectivity index (χ4n) is 2.61. The summed E-state index contributed by atoms with van der Waals surface area (Å²) in [5, 5.41) is 14.6. The van der Waals surface area contributed by atoms with Crippen LogP contribution in [0.2, 0.25) is 5.02 Å². The summed E-state index contributed by atoms with van der Waals surface area (Å²) in [6, 6.07) is 11.9. The number of nitrogens with one attached hydrogen (secondary N) is 2. The van der Waals surface area contributed by atoms with Crippen LogP contribution in [0.1, 0.15) is 18.0 Å². The number of carbonyl (C=O) groups excluding carboxylic acids is 1. The van der Waals surface area contributed by atoms with Crippen molar-refractivity contribution in [3.8, 4) is 0 Å². The average Bonchev–Trinajstić information content (AvgIpc) is 3.06. The van der Waals surface area contributed by atoms with Crippen LogP contribution in [0.4, 0.5) is 11.4 Å². The first-order valence-corrected chi connectivity index (χ1v) is 9.46. The maximum atomic E-state index is 12.4. The van der Waals surface area contributed by atoms with Gasteiger partial charge in [-0.2, -0.15) is 0 Å². The van der Waals surface area contributed by atoms with E-state index in [9.17, 15) is 14.9 Å². The van der Waals surface area contributed by atoms with E-state index in [1.165, 1.54) is 18.2 Å². The van der Waals surface area contributed by atoms with Crippen molar-refractivity contribution in [3.05, 3.63) is 62.6 Å². The van der Waals surface area contributed by atoms with Crippen molar-refractivity contribution in [3.63, 3.8) is 0 Å². The molecule has 7 nitrogen and oxygen atoms in total. The number of para-hydroxylation sites is 1. The molecule has 2 N–H and O–H groups in total. The number of halogens is 1. The summed E-state index contributed by atoms with van der Waals surface area (Å²) >= 11 is 7.65. The number of nitro benzene ring substituents is 1. The highest BCUT2D eigenvalue weighted by atomic mass is 35.5. The van der Waals surface area contributed by atoms with E-state index in [-0.39, 0.29) is 29.2 Å². The highest BCUT2D eigenvalue weighted by molar-refractivity contribution is 7.18. The largest absolute Gasteiger partial charge is 0.322 e. The Bertz CT molecular complexity index is 974. The van der Waals surface area contributed by atoms with Gasteiger partial charge in [0.2, 0.25) is 0 Å². The number of thiazole rings is 1. The second kappa shape index (κ2) is 7.99. The molecule has 27 heavy (non-hydrogen) atoms. The number of nitrogens with zero attached hydrogens (tertiary/aromatic N) is 2. The molecule has 1 aromatic heterocycles. The number of hydrogen-bond donors (Lipinski definition) is 2. The first kappa shape index (κ1) is 19.2. The SMILES string of the molecule is C[C@H](c1nc2ccccc2s1)[NH+](C)CC(=O)Nc1ccc([N+](=O)[O-])cc1Cl. The van der Waals surface area contributed by atoms with Crippen molar-refractivity contribution in [2.24, 2.45) is 0 Å². The molecule has 1 heterocycles. The van der Waals surface area contributed by atoms with Crippen LogP contribution in [0.15, 0.2) is 42.5 Å². The summed E-state index contributed by atoms with van der Waals surface area (Å²) in [5.74, 6) is -0.226. The zero-order chi connectivity index (χ0) is 19.6. The molecule has 1 unspecified atom stereocenters. The van der Waals surface area contributed by atoms with Gasteiger partial charge < -0.3 is 10.2 Å². The molecule has 0 fully saturated rings. The van der Waals surface area contributed by atoms with Crippen LogP contribution >= 0.6 is 22.9 Å². The van der Waals surface area contributed by atoms with Crippen LogP contribution in [-0.4, -0.2) is 29.4 Å². The zero-order valence-corrected chi connectivity index (χ0v) is 16.3. The van der Waals surface area contributed by atoms with Crippen LogP contribution in [0.5, 0.6) is 0 Å². The van der Waals surface area contributed by atoms with Gasteiger partial charge in [-0.3, -0.25) is 14.9 Å². The molecule has 0 radical (unpaired) electrons. The third-order valence-electron chi connectivity index (χ3n) is 4.30. The number of non-ortho nitro benzene ring substituents is 1. The van der Waals surface area contributed by atoms with Crippen LogP contribution < -0.4 is 10.2 Å². The fraction of sp³-hybridized carbons (Fsp3) is 0.222. The molecule has 9 heteroatoms. The summed E-state index contributed by atoms with van der Waals surface area (Å²) in [6.07, 6.45) is 0. The molecule has 140 valence electrons. The quantitative estimate of drug-likeness (QED) is 0.487. The zero-order valence-electron chi connectivity index (χ0n) is 14.7. The lowest BCUT2D eigenvalue weighted by Gasteiger charge is -2.19. The van der Waals surface area contributed by atoms with E-state index >= 15 is 0 Å². The molecule has 3 aromatic rings. The summed E-state index contributed by atoms with van der Waals surface area (Å²) in [6.45, 7) is 2.24. The van der Waals surface area contributed by atoms with Crippen molar-refractivity contribution >= 4 is 50.4 Å². The van der Waals surface area contributed by atoms with Crippen molar-refractivity contribution in [1.29, 1.82) is 0 Å². The van der Waals surface area contributed by atoms with Crippen molar-refractivity contribution in [2.75, 3.05) is 18.9 Å². The number of likely N-dealkylation sites (N-methyl/N-ethyl adjacent to an activating group) is 1. The lowest BCUT2D eigenvalue weighted by molar-refractivity contribution is -0.902. The van der Waals surface area contributed by atoms with Gasteiger partial charge in [0, 0.05) is 12.1 Å². The maximum Gasteiger partial charge on any atom is 0.279 e. The standard InChI is InChI=1S/C18H17ClN4O3S/c1-11(18-21-15-5-3-4-6-16(15)27-18)22(2)10-17(24)20-14-8-7-12(23(25)26)9-13(14)19/h3-9,11H,10H2,1-2H3,(H,20,24)/p+1/t11-/m1/s1. The summed E-state index contributed by atoms with van der Waals surface area (Å²) in [7, 11) is 1.92. The number of aromatic nitrogens is 1. The monoisotopic (exact) mass is 405 g/mol. The Hall–Kier alpha value is -2.55. The summed E-state index contributed by atoms with van der Waals surface area (Å²) in [5.41, 5.74) is 1.19. The molecule has 0 spiro atoms. The van der Waals surface area contributed by atoms with E-state index in [2.05, 4.69) is 10.3 Å². The van der Waals surface area contributed by atoms with Crippen molar-refractivity contribution < 1.29 is 14.6 Å². The molecular weight excluding hydrogens is 388 g/mol. The predicted octanol–water partition coefficient (Wildman–Crippen LogP) is 3.07. The number of rotatable bonds is 6. The van der Waals surface area contributed by atoms with E-state index in [0.29, 0.717) is 5.69 Å². The number of quaternary nitrogens is 1. The molecule has 0 saturated heterocycles. The normalized spacial score (nSPS) is 13.3. The van der Waals surface area contributed by atoms with Crippen LogP contribution in [0.25, 0.3) is 10.2 Å². The number of nitro groups is 1. The molecular formula is C18H18ClN4O3S+. The number of carbonyl (C=O) groups is 1. The van der Waals surface area contributed by atoms with Crippen LogP contribution in [-0.2, 0) is 4.79 Å². The highest BCUT2D eigenvalue weighted by Gasteiger charge is 2.22. The fourth-order valence-corrected chi connectivity index (χ4v) is 3.94. The van der Waals surface area contributed by atoms with Crippen LogP contribution in [0, 0.1) is 10.1 Å². The Morgan fingerprint density at radius 1 is 1.37 bits per heavy atom. The highest BCUT2D eigenvalue weighted by Crippen LogP contribution is 2.27. The van der Waals surface area contributed by atoms with E-state index < -0.39 is 4.92 Å². The molecule has 0 saturated carbocycles. The second-order valence-electron chi connectivity index (χ2n) is 6.23. The van der Waals surface area contributed by atoms with Crippen LogP contribution in [0.3, 0.4) is 0 Å². The topological polar surface area (TPSA) is 89.6 Å². The van der Waals surface area contributed by atoms with Gasteiger partial charge in [-0.05, 0) is 25.1 Å². The van der Waals surface area contributed by atoms with Gasteiger partial charge >= 0.3 is 0 Å². The predicted molar refractivity (Wildman–Crippen MR) is 107 cm³/mol. The molecule has 0 aliphatic heterocycles. The molecule has 2 atom stereocenters. The maximum absolute atomic E-state index is 12.4. The first-order valence-electron chi connectivity index (χ1n) is 8.26. The summed E-state index contributed by atoms with van der Waals surface area (Å²) in [4.78, 5) is 28.2. The molecule has 2 aromatic carbocycles. The van der Waals surface area contributed by atoms with Gasteiger partial charge in [-0.1, -0.05) is 23.7 Å². The van der Waals surface area contributed by atoms with E-state index in [4.69, 9.17) is 11.6 Å². The van der Waals surface area contributed by atoms with Gasteiger partial charge in [0.1, 0.15) is 6.04 Å². The Morgan fingerprint density at radius 2 is 2.11 bits per heavy atom. The number of benzene rings is 2. The average molecular weight is 406 g/mol. The van der Waals surface area contributed by atoms with Gasteiger partial charge in [0.15, 0.2) is 11.6 Å². The molecule has 0 aliphatic carbocycles. The summed E-state index contributed by atoms with van der Waals surface area (Å²) < 4.78 is 1.12. The van der Waals surface area contributed by atoms with E-state index in [1.807, 2.05) is 38.2 Å². The second-order valence-corrected chi connectivity index (χ2v) is 7.70. The third kappa shape index (κ3) is 4.41. The number of amides is 1. The molecule has 0 bridgehead atoms. The lowest BCUT2D eigenvalue weighted by atomic mass is 10.2.